The van der Waals surface area contributed by atoms with Crippen molar-refractivity contribution >= 4 is 44.6 Å². The molecule has 20 heavy (non-hydrogen) atoms. The lowest BCUT2D eigenvalue weighted by Gasteiger charge is -2.09. The average Bonchev–Trinajstić information content (AvgIpc) is 2.83. The van der Waals surface area contributed by atoms with Crippen LogP contribution in [0.2, 0.25) is 9.36 Å². The Balaban J connectivity index is 2.21. The summed E-state index contributed by atoms with van der Waals surface area (Å²) in [5.74, 6) is 0. The molecule has 0 spiro atoms. The normalized spacial score (nSPS) is 11.8. The molecule has 2 rings (SSSR count). The lowest BCUT2D eigenvalue weighted by Crippen LogP contribution is -2.23. The summed E-state index contributed by atoms with van der Waals surface area (Å²) < 4.78 is 27.6. The zero-order valence-electron chi connectivity index (χ0n) is 10.3. The molecule has 2 aromatic rings. The Morgan fingerprint density at radius 1 is 1.20 bits per heavy atom. The number of nitrogens with two attached hydrogens (primary N) is 1. The summed E-state index contributed by atoms with van der Waals surface area (Å²) in [5.41, 5.74) is 6.21. The lowest BCUT2D eigenvalue weighted by molar-refractivity contribution is 0.581. The Morgan fingerprint density at radius 3 is 2.55 bits per heavy atom. The molecular weight excluding hydrogens is 339 g/mol. The highest BCUT2D eigenvalue weighted by Gasteiger charge is 2.18. The van der Waals surface area contributed by atoms with Crippen LogP contribution in [0.3, 0.4) is 0 Å². The van der Waals surface area contributed by atoms with E-state index in [-0.39, 0.29) is 23.0 Å². The smallest absolute Gasteiger partial charge is 0.242 e. The predicted octanol–water partition coefficient (Wildman–Crippen LogP) is 2.99. The number of nitrogens with one attached hydrogen (secondary N) is 1. The Bertz CT molecular complexity index is 714. The monoisotopic (exact) mass is 350 g/mol. The van der Waals surface area contributed by atoms with E-state index in [0.29, 0.717) is 9.90 Å². The van der Waals surface area contributed by atoms with Crippen molar-refractivity contribution in [1.29, 1.82) is 0 Å². The largest absolute Gasteiger partial charge is 0.326 e. The predicted molar refractivity (Wildman–Crippen MR) is 82.7 cm³/mol. The Hall–Kier alpha value is -0.630. The third-order valence-electron chi connectivity index (χ3n) is 2.59. The van der Waals surface area contributed by atoms with E-state index in [2.05, 4.69) is 4.72 Å². The number of halogens is 2. The molecule has 0 saturated carbocycles. The highest BCUT2D eigenvalue weighted by atomic mass is 35.5. The molecule has 1 aromatic carbocycles. The first-order valence-electron chi connectivity index (χ1n) is 5.65. The van der Waals surface area contributed by atoms with Gasteiger partial charge in [-0.05, 0) is 29.8 Å². The Morgan fingerprint density at radius 2 is 1.95 bits per heavy atom. The van der Waals surface area contributed by atoms with Crippen LogP contribution in [-0.2, 0) is 23.1 Å². The third-order valence-corrected chi connectivity index (χ3v) is 5.70. The van der Waals surface area contributed by atoms with Crippen molar-refractivity contribution < 1.29 is 8.42 Å². The second kappa shape index (κ2) is 6.43. The first-order chi connectivity index (χ1) is 9.42. The molecule has 0 aliphatic heterocycles. The van der Waals surface area contributed by atoms with Crippen molar-refractivity contribution in [2.75, 3.05) is 0 Å². The second-order valence-electron chi connectivity index (χ2n) is 4.00. The molecule has 4 nitrogen and oxygen atoms in total. The lowest BCUT2D eigenvalue weighted by atomic mass is 10.2. The number of hydrogen-bond donors (Lipinski definition) is 2. The highest BCUT2D eigenvalue weighted by molar-refractivity contribution is 7.89. The van der Waals surface area contributed by atoms with Gasteiger partial charge in [0.05, 0.1) is 9.36 Å². The van der Waals surface area contributed by atoms with Crippen LogP contribution in [-0.4, -0.2) is 8.42 Å². The summed E-state index contributed by atoms with van der Waals surface area (Å²) in [7, 11) is -3.69. The van der Waals surface area contributed by atoms with Crippen molar-refractivity contribution in [2.24, 2.45) is 5.73 Å². The van der Waals surface area contributed by atoms with Gasteiger partial charge in [0, 0.05) is 18.0 Å². The summed E-state index contributed by atoms with van der Waals surface area (Å²) in [6.07, 6.45) is 0. The molecule has 8 heteroatoms. The van der Waals surface area contributed by atoms with Gasteiger partial charge in [-0.3, -0.25) is 0 Å². The SMILES string of the molecule is NCc1ccc(Cl)c(S(=O)(=O)NCc2ccc(Cl)s2)c1. The van der Waals surface area contributed by atoms with Gasteiger partial charge in [0.1, 0.15) is 4.90 Å². The van der Waals surface area contributed by atoms with Gasteiger partial charge in [-0.1, -0.05) is 29.3 Å². The van der Waals surface area contributed by atoms with Crippen LogP contribution >= 0.6 is 34.5 Å². The van der Waals surface area contributed by atoms with E-state index in [9.17, 15) is 8.42 Å². The van der Waals surface area contributed by atoms with E-state index >= 15 is 0 Å². The third kappa shape index (κ3) is 3.72. The standard InChI is InChI=1S/C12H12Cl2N2O2S2/c13-10-3-1-8(6-15)5-11(10)20(17,18)16-7-9-2-4-12(14)19-9/h1-5,16H,6-7,15H2. The first-order valence-corrected chi connectivity index (χ1v) is 8.70. The fourth-order valence-corrected chi connectivity index (χ4v) is 4.24. The molecule has 0 bridgehead atoms. The summed E-state index contributed by atoms with van der Waals surface area (Å²) in [6, 6.07) is 8.19. The average molecular weight is 351 g/mol. The maximum Gasteiger partial charge on any atom is 0.242 e. The van der Waals surface area contributed by atoms with Gasteiger partial charge < -0.3 is 5.73 Å². The number of thiophene rings is 1. The van der Waals surface area contributed by atoms with E-state index in [1.54, 1.807) is 18.2 Å². The van der Waals surface area contributed by atoms with Gasteiger partial charge in [-0.15, -0.1) is 11.3 Å². The van der Waals surface area contributed by atoms with Gasteiger partial charge in [0.25, 0.3) is 0 Å². The maximum absolute atomic E-state index is 12.2. The molecule has 0 aliphatic carbocycles. The van der Waals surface area contributed by atoms with Gasteiger partial charge in [-0.25, -0.2) is 13.1 Å². The van der Waals surface area contributed by atoms with Crippen LogP contribution in [0.15, 0.2) is 35.2 Å². The number of benzene rings is 1. The molecule has 0 aliphatic rings. The van der Waals surface area contributed by atoms with Crippen LogP contribution < -0.4 is 10.5 Å². The fourth-order valence-electron chi connectivity index (χ4n) is 1.57. The molecule has 0 unspecified atom stereocenters. The molecule has 0 atom stereocenters. The molecule has 3 N–H and O–H groups in total. The highest BCUT2D eigenvalue weighted by Crippen LogP contribution is 2.24. The van der Waals surface area contributed by atoms with Gasteiger partial charge in [-0.2, -0.15) is 0 Å². The number of rotatable bonds is 5. The minimum absolute atomic E-state index is 0.0322. The molecule has 0 fully saturated rings. The number of sulfonamides is 1. The van der Waals surface area contributed by atoms with Crippen LogP contribution in [0, 0.1) is 0 Å². The van der Waals surface area contributed by atoms with E-state index in [1.807, 2.05) is 0 Å². The zero-order valence-corrected chi connectivity index (χ0v) is 13.4. The van der Waals surface area contributed by atoms with E-state index in [0.717, 1.165) is 4.88 Å². The zero-order chi connectivity index (χ0) is 14.8. The van der Waals surface area contributed by atoms with Gasteiger partial charge in [0.15, 0.2) is 0 Å². The summed E-state index contributed by atoms with van der Waals surface area (Å²) >= 11 is 13.1. The van der Waals surface area contributed by atoms with Crippen molar-refractivity contribution in [2.45, 2.75) is 18.0 Å². The summed E-state index contributed by atoms with van der Waals surface area (Å²) in [4.78, 5) is 0.856. The first kappa shape index (κ1) is 15.8. The second-order valence-corrected chi connectivity index (χ2v) is 7.94. The molecule has 0 radical (unpaired) electrons. The molecule has 0 amide bonds. The van der Waals surface area contributed by atoms with E-state index in [1.165, 1.54) is 23.5 Å². The van der Waals surface area contributed by atoms with Gasteiger partial charge >= 0.3 is 0 Å². The van der Waals surface area contributed by atoms with Crippen molar-refractivity contribution in [1.82, 2.24) is 4.72 Å². The van der Waals surface area contributed by atoms with Crippen molar-refractivity contribution in [3.63, 3.8) is 0 Å². The molecule has 108 valence electrons. The number of hydrogen-bond acceptors (Lipinski definition) is 4. The van der Waals surface area contributed by atoms with Crippen LogP contribution in [0.5, 0.6) is 0 Å². The quantitative estimate of drug-likeness (QED) is 0.870. The van der Waals surface area contributed by atoms with Gasteiger partial charge in [0.2, 0.25) is 10.0 Å². The fraction of sp³-hybridized carbons (Fsp3) is 0.167. The Kier molecular flexibility index (Phi) is 5.06. The van der Waals surface area contributed by atoms with E-state index < -0.39 is 10.0 Å². The molecule has 1 aromatic heterocycles. The topological polar surface area (TPSA) is 72.2 Å². The van der Waals surface area contributed by atoms with Crippen LogP contribution in [0.25, 0.3) is 0 Å². The minimum Gasteiger partial charge on any atom is -0.326 e. The Labute approximate surface area is 131 Å². The molecular formula is C12H12Cl2N2O2S2. The minimum atomic E-state index is -3.69. The van der Waals surface area contributed by atoms with Crippen molar-refractivity contribution in [3.05, 3.63) is 50.1 Å². The molecule has 0 saturated heterocycles. The van der Waals surface area contributed by atoms with Crippen LogP contribution in [0.1, 0.15) is 10.4 Å². The summed E-state index contributed by atoms with van der Waals surface area (Å²) in [6.45, 7) is 0.420. The maximum atomic E-state index is 12.2. The summed E-state index contributed by atoms with van der Waals surface area (Å²) in [5, 5.41) is 0.166. The van der Waals surface area contributed by atoms with E-state index in [4.69, 9.17) is 28.9 Å². The molecule has 1 heterocycles. The van der Waals surface area contributed by atoms with Crippen LogP contribution in [0.4, 0.5) is 0 Å². The van der Waals surface area contributed by atoms with Crippen molar-refractivity contribution in [3.8, 4) is 0 Å².